The highest BCUT2D eigenvalue weighted by Crippen LogP contribution is 2.47. The Hall–Kier alpha value is -3.45. The van der Waals surface area contributed by atoms with Crippen LogP contribution in [0.25, 0.3) is 0 Å². The van der Waals surface area contributed by atoms with Crippen LogP contribution in [0.4, 0.5) is 15.0 Å². The largest absolute Gasteiger partial charge is 0.465 e. The van der Waals surface area contributed by atoms with Crippen molar-refractivity contribution in [3.8, 4) is 12.1 Å². The Morgan fingerprint density at radius 3 is 2.75 bits per heavy atom. The number of benzene rings is 1. The number of likely N-dealkylation sites (tertiary alicyclic amines) is 1. The Bertz CT molecular complexity index is 1330. The minimum Gasteiger partial charge on any atom is -0.465 e. The van der Waals surface area contributed by atoms with Crippen molar-refractivity contribution >= 4 is 11.9 Å². The van der Waals surface area contributed by atoms with E-state index in [4.69, 9.17) is 14.7 Å². The molecule has 4 aliphatic rings. The average molecular weight is 549 g/mol. The fourth-order valence-electron chi connectivity index (χ4n) is 7.29. The normalized spacial score (nSPS) is 26.3. The molecular weight excluding hydrogens is 511 g/mol. The average Bonchev–Trinajstić information content (AvgIpc) is 3.35. The molecule has 212 valence electrons. The maximum atomic E-state index is 14.5. The third-order valence-corrected chi connectivity index (χ3v) is 9.62. The number of anilines is 1. The predicted octanol–water partition coefficient (Wildman–Crippen LogP) is 3.83. The molecule has 0 unspecified atom stereocenters. The molecule has 1 aromatic carbocycles. The van der Waals surface area contributed by atoms with Crippen LogP contribution in [0.3, 0.4) is 0 Å². The van der Waals surface area contributed by atoms with E-state index in [1.807, 2.05) is 6.07 Å². The van der Waals surface area contributed by atoms with Crippen LogP contribution in [-0.2, 0) is 25.7 Å². The van der Waals surface area contributed by atoms with Gasteiger partial charge in [0, 0.05) is 31.2 Å². The summed E-state index contributed by atoms with van der Waals surface area (Å²) in [6.07, 6.45) is 6.42. The van der Waals surface area contributed by atoms with Crippen LogP contribution >= 0.6 is 0 Å². The van der Waals surface area contributed by atoms with Gasteiger partial charge in [-0.1, -0.05) is 12.1 Å². The van der Waals surface area contributed by atoms with E-state index in [9.17, 15) is 19.6 Å². The van der Waals surface area contributed by atoms with Crippen LogP contribution in [0.15, 0.2) is 18.2 Å². The highest BCUT2D eigenvalue weighted by molar-refractivity contribution is 5.66. The first-order chi connectivity index (χ1) is 19.4. The van der Waals surface area contributed by atoms with Crippen LogP contribution in [-0.4, -0.2) is 82.9 Å². The molecule has 2 saturated heterocycles. The molecule has 6 rings (SSSR count). The molecule has 2 aromatic rings. The van der Waals surface area contributed by atoms with Crippen molar-refractivity contribution in [1.29, 1.82) is 5.26 Å². The van der Waals surface area contributed by atoms with E-state index in [0.29, 0.717) is 38.3 Å². The molecule has 1 N–H and O–H groups in total. The van der Waals surface area contributed by atoms with Crippen LogP contribution in [0, 0.1) is 22.6 Å². The van der Waals surface area contributed by atoms with E-state index in [1.165, 1.54) is 4.90 Å². The van der Waals surface area contributed by atoms with Crippen molar-refractivity contribution in [2.75, 3.05) is 44.7 Å². The lowest BCUT2D eigenvalue weighted by Crippen LogP contribution is -2.55. The van der Waals surface area contributed by atoms with E-state index in [2.05, 4.69) is 29.0 Å². The van der Waals surface area contributed by atoms with E-state index in [1.54, 1.807) is 6.07 Å². The van der Waals surface area contributed by atoms with Gasteiger partial charge in [-0.3, -0.25) is 0 Å². The Kier molecular flexibility index (Phi) is 7.26. The first-order valence-electron chi connectivity index (χ1n) is 14.5. The lowest BCUT2D eigenvalue weighted by Gasteiger charge is -2.44. The van der Waals surface area contributed by atoms with E-state index in [-0.39, 0.29) is 17.7 Å². The van der Waals surface area contributed by atoms with Crippen molar-refractivity contribution in [1.82, 2.24) is 19.8 Å². The van der Waals surface area contributed by atoms with Gasteiger partial charge in [0.2, 0.25) is 0 Å². The summed E-state index contributed by atoms with van der Waals surface area (Å²) in [4.78, 5) is 27.5. The number of likely N-dealkylation sites (N-methyl/N-ethyl adjacent to an activating group) is 1. The van der Waals surface area contributed by atoms with Gasteiger partial charge in [-0.2, -0.15) is 15.2 Å². The second-order valence-electron chi connectivity index (χ2n) is 12.0. The number of fused-ring (bicyclic) bond motifs is 2. The number of nitrogens with zero attached hydrogens (tertiary/aromatic N) is 6. The van der Waals surface area contributed by atoms with Gasteiger partial charge in [-0.15, -0.1) is 0 Å². The third-order valence-electron chi connectivity index (χ3n) is 9.62. The summed E-state index contributed by atoms with van der Waals surface area (Å²) >= 11 is 0. The number of piperazine rings is 1. The number of rotatable bonds is 5. The van der Waals surface area contributed by atoms with Crippen molar-refractivity contribution in [3.63, 3.8) is 0 Å². The van der Waals surface area contributed by atoms with Crippen LogP contribution in [0.1, 0.15) is 54.5 Å². The van der Waals surface area contributed by atoms with E-state index in [0.717, 1.165) is 86.1 Å². The Balaban J connectivity index is 1.31. The summed E-state index contributed by atoms with van der Waals surface area (Å²) in [5.74, 6) is 0.707. The number of hydrogen-bond acceptors (Lipinski definition) is 7. The SMILES string of the molecule is CN1CCC[C@H]1COc1nc2c(c(N3CCN(C(=O)O)[C@@H](CC#N)C3)n1)CC[C@]1(CCc3c(F)cccc3C1)C2. The number of aromatic nitrogens is 2. The maximum Gasteiger partial charge on any atom is 0.407 e. The van der Waals surface area contributed by atoms with Gasteiger partial charge in [-0.05, 0) is 87.6 Å². The first kappa shape index (κ1) is 26.8. The lowest BCUT2D eigenvalue weighted by molar-refractivity contribution is 0.118. The second-order valence-corrected chi connectivity index (χ2v) is 12.0. The van der Waals surface area contributed by atoms with Crippen LogP contribution < -0.4 is 9.64 Å². The van der Waals surface area contributed by atoms with Crippen LogP contribution in [0.2, 0.25) is 0 Å². The van der Waals surface area contributed by atoms with Gasteiger partial charge in [-0.25, -0.2) is 9.18 Å². The quantitative estimate of drug-likeness (QED) is 0.601. The van der Waals surface area contributed by atoms with Crippen molar-refractivity contribution in [3.05, 3.63) is 46.4 Å². The number of hydrogen-bond donors (Lipinski definition) is 1. The summed E-state index contributed by atoms with van der Waals surface area (Å²) in [6, 6.07) is 7.86. The number of amides is 1. The number of halogens is 1. The molecule has 10 heteroatoms. The fourth-order valence-corrected chi connectivity index (χ4v) is 7.29. The summed E-state index contributed by atoms with van der Waals surface area (Å²) in [6.45, 7) is 2.81. The summed E-state index contributed by atoms with van der Waals surface area (Å²) in [5.41, 5.74) is 4.07. The standard InChI is InChI=1S/C30H37FN6O3/c1-35-13-3-5-22(35)19-40-28-33-26-17-30(10-7-23-20(16-30)4-2-6-25(23)31)11-8-24(26)27(34-28)36-14-15-37(29(38)39)21(18-36)9-12-32/h2,4,6,21-22H,3,5,7-11,13-19H2,1H3,(H,38,39)/t21-,22-,30-/m0/s1. The topological polar surface area (TPSA) is 106 Å². The molecule has 2 aliphatic carbocycles. The molecule has 1 amide bonds. The molecule has 3 heterocycles. The van der Waals surface area contributed by atoms with E-state index >= 15 is 0 Å². The zero-order chi connectivity index (χ0) is 27.9. The predicted molar refractivity (Wildman–Crippen MR) is 147 cm³/mol. The molecule has 40 heavy (non-hydrogen) atoms. The van der Waals surface area contributed by atoms with Gasteiger partial charge in [0.1, 0.15) is 18.2 Å². The first-order valence-corrected chi connectivity index (χ1v) is 14.5. The lowest BCUT2D eigenvalue weighted by atomic mass is 9.63. The summed E-state index contributed by atoms with van der Waals surface area (Å²) in [5, 5.41) is 19.0. The zero-order valence-electron chi connectivity index (χ0n) is 23.1. The minimum absolute atomic E-state index is 0.0215. The summed E-state index contributed by atoms with van der Waals surface area (Å²) < 4.78 is 20.7. The Morgan fingerprint density at radius 2 is 2.00 bits per heavy atom. The minimum atomic E-state index is -0.995. The molecule has 3 atom stereocenters. The molecule has 0 saturated carbocycles. The number of nitriles is 1. The summed E-state index contributed by atoms with van der Waals surface area (Å²) in [7, 11) is 2.12. The molecule has 1 aromatic heterocycles. The highest BCUT2D eigenvalue weighted by Gasteiger charge is 2.41. The molecular formula is C30H37FN6O3. The van der Waals surface area contributed by atoms with Crippen LogP contribution in [0.5, 0.6) is 6.01 Å². The second kappa shape index (κ2) is 10.8. The molecule has 2 fully saturated rings. The van der Waals surface area contributed by atoms with Gasteiger partial charge in [0.25, 0.3) is 0 Å². The number of carbonyl (C=O) groups is 1. The number of carboxylic acid groups (broad SMARTS) is 1. The van der Waals surface area contributed by atoms with Gasteiger partial charge in [0.15, 0.2) is 0 Å². The van der Waals surface area contributed by atoms with Gasteiger partial charge in [0.05, 0.1) is 24.2 Å². The molecule has 1 spiro atoms. The molecule has 2 aliphatic heterocycles. The van der Waals surface area contributed by atoms with Gasteiger partial charge < -0.3 is 24.5 Å². The van der Waals surface area contributed by atoms with Gasteiger partial charge >= 0.3 is 12.1 Å². The fraction of sp³-hybridized carbons (Fsp3) is 0.600. The zero-order valence-corrected chi connectivity index (χ0v) is 23.1. The smallest absolute Gasteiger partial charge is 0.407 e. The Labute approximate surface area is 234 Å². The molecule has 9 nitrogen and oxygen atoms in total. The third kappa shape index (κ3) is 5.07. The molecule has 0 radical (unpaired) electrons. The van der Waals surface area contributed by atoms with Crippen molar-refractivity contribution in [2.24, 2.45) is 5.41 Å². The monoisotopic (exact) mass is 548 g/mol. The number of ether oxygens (including phenoxy) is 1. The van der Waals surface area contributed by atoms with E-state index < -0.39 is 12.1 Å². The van der Waals surface area contributed by atoms with Crippen molar-refractivity contribution in [2.45, 2.75) is 69.9 Å². The highest BCUT2D eigenvalue weighted by atomic mass is 19.1. The maximum absolute atomic E-state index is 14.5. The molecule has 0 bridgehead atoms. The Morgan fingerprint density at radius 1 is 1.18 bits per heavy atom. The van der Waals surface area contributed by atoms with Crippen molar-refractivity contribution < 1.29 is 19.0 Å².